The van der Waals surface area contributed by atoms with E-state index in [1.54, 1.807) is 20.8 Å². The number of carbonyl (C=O) groups excluding carboxylic acids is 1. The molecule has 6 nitrogen and oxygen atoms in total. The number of carbonyl (C=O) groups is 1. The second-order valence-electron chi connectivity index (χ2n) is 9.73. The molecule has 0 fully saturated rings. The minimum Gasteiger partial charge on any atom is -0.400 e. The second kappa shape index (κ2) is 15.4. The van der Waals surface area contributed by atoms with Crippen molar-refractivity contribution in [2.75, 3.05) is 44.2 Å². The summed E-state index contributed by atoms with van der Waals surface area (Å²) in [6, 6.07) is 9.29. The molecule has 1 unspecified atom stereocenters. The molecule has 0 aliphatic carbocycles. The monoisotopic (exact) mass is 500 g/mol. The number of rotatable bonds is 3. The van der Waals surface area contributed by atoms with Gasteiger partial charge in [-0.05, 0) is 75.8 Å². The Morgan fingerprint density at radius 3 is 1.97 bits per heavy atom. The zero-order valence-corrected chi connectivity index (χ0v) is 23.9. The van der Waals surface area contributed by atoms with Gasteiger partial charge in [-0.2, -0.15) is 0 Å². The van der Waals surface area contributed by atoms with E-state index in [4.69, 9.17) is 15.3 Å². The van der Waals surface area contributed by atoms with Crippen molar-refractivity contribution in [2.24, 2.45) is 0 Å². The average Bonchev–Trinajstić information content (AvgIpc) is 3.18. The Bertz CT molecular complexity index is 943. The van der Waals surface area contributed by atoms with Gasteiger partial charge in [0.1, 0.15) is 6.29 Å². The average molecular weight is 501 g/mol. The first-order valence-corrected chi connectivity index (χ1v) is 12.3. The highest BCUT2D eigenvalue weighted by molar-refractivity contribution is 5.92. The number of aryl methyl sites for hydroxylation is 1. The molecule has 0 bridgehead atoms. The Labute approximate surface area is 218 Å². The van der Waals surface area contributed by atoms with Crippen molar-refractivity contribution >= 4 is 17.7 Å². The molecule has 0 radical (unpaired) electrons. The molecule has 0 saturated heterocycles. The fourth-order valence-electron chi connectivity index (χ4n) is 4.66. The molecule has 2 aromatic carbocycles. The quantitative estimate of drug-likeness (QED) is 0.418. The summed E-state index contributed by atoms with van der Waals surface area (Å²) in [5.74, 6) is 0. The molecule has 6 heteroatoms. The van der Waals surface area contributed by atoms with Crippen molar-refractivity contribution in [3.63, 3.8) is 0 Å². The zero-order valence-electron chi connectivity index (χ0n) is 23.9. The standard InChI is InChI=1S/C22H26N2O.C4H10O.C2H4.2CH4O/c1-14-5-7-17(8-6-14)20-18(9-12-25)16(3)21-22-19(20)13-15(2)24(22)11-10-23(21)4;1-4(2,3)5;3*1-2/h5-8,12,15H,9-11,13H2,1-4H3;5H,1-3H3;1-2H2;2*2H,1H3. The molecule has 202 valence electrons. The van der Waals surface area contributed by atoms with Crippen LogP contribution in [0.25, 0.3) is 11.1 Å². The van der Waals surface area contributed by atoms with Crippen molar-refractivity contribution in [3.05, 3.63) is 59.7 Å². The van der Waals surface area contributed by atoms with Crippen LogP contribution >= 0.6 is 0 Å². The largest absolute Gasteiger partial charge is 0.400 e. The van der Waals surface area contributed by atoms with Crippen LogP contribution < -0.4 is 9.80 Å². The minimum atomic E-state index is -0.500. The Balaban J connectivity index is 0.000000967. The maximum atomic E-state index is 11.5. The highest BCUT2D eigenvalue weighted by Gasteiger charge is 2.37. The molecule has 2 heterocycles. The van der Waals surface area contributed by atoms with Crippen LogP contribution in [-0.2, 0) is 17.6 Å². The summed E-state index contributed by atoms with van der Waals surface area (Å²) in [4.78, 5) is 16.4. The van der Waals surface area contributed by atoms with E-state index in [0.717, 1.165) is 40.0 Å². The number of likely N-dealkylation sites (N-methyl/N-ethyl adjacent to an activating group) is 1. The number of nitrogens with zero attached hydrogens (tertiary/aromatic N) is 2. The first kappa shape index (κ1) is 33.3. The topological polar surface area (TPSA) is 84.2 Å². The van der Waals surface area contributed by atoms with Gasteiger partial charge < -0.3 is 29.9 Å². The van der Waals surface area contributed by atoms with Gasteiger partial charge in [-0.3, -0.25) is 0 Å². The normalized spacial score (nSPS) is 14.9. The summed E-state index contributed by atoms with van der Waals surface area (Å²) in [5.41, 5.74) is 9.95. The fourth-order valence-corrected chi connectivity index (χ4v) is 4.66. The lowest BCUT2D eigenvalue weighted by Gasteiger charge is -2.38. The van der Waals surface area contributed by atoms with E-state index in [1.165, 1.54) is 44.8 Å². The lowest BCUT2D eigenvalue weighted by molar-refractivity contribution is -0.107. The summed E-state index contributed by atoms with van der Waals surface area (Å²) in [5, 5.41) is 22.5. The predicted octanol–water partition coefficient (Wildman–Crippen LogP) is 4.71. The van der Waals surface area contributed by atoms with Crippen molar-refractivity contribution in [3.8, 4) is 11.1 Å². The summed E-state index contributed by atoms with van der Waals surface area (Å²) in [7, 11) is 4.18. The van der Waals surface area contributed by atoms with Gasteiger partial charge in [0.05, 0.1) is 17.0 Å². The highest BCUT2D eigenvalue weighted by Crippen LogP contribution is 2.50. The molecule has 4 rings (SSSR count). The lowest BCUT2D eigenvalue weighted by Crippen LogP contribution is -2.41. The molecule has 2 aliphatic heterocycles. The van der Waals surface area contributed by atoms with E-state index in [-0.39, 0.29) is 0 Å². The van der Waals surface area contributed by atoms with Gasteiger partial charge in [0.2, 0.25) is 0 Å². The van der Waals surface area contributed by atoms with Crippen LogP contribution in [-0.4, -0.2) is 67.6 Å². The van der Waals surface area contributed by atoms with Crippen LogP contribution in [0.1, 0.15) is 49.9 Å². The maximum absolute atomic E-state index is 11.5. The fraction of sp³-hybridized carbons (Fsp3) is 0.500. The smallest absolute Gasteiger partial charge is 0.124 e. The van der Waals surface area contributed by atoms with Crippen LogP contribution in [0.3, 0.4) is 0 Å². The number of aldehydes is 1. The Hall–Kier alpha value is -2.67. The Morgan fingerprint density at radius 2 is 1.50 bits per heavy atom. The van der Waals surface area contributed by atoms with Crippen molar-refractivity contribution in [1.82, 2.24) is 0 Å². The van der Waals surface area contributed by atoms with Gasteiger partial charge in [-0.15, -0.1) is 13.2 Å². The van der Waals surface area contributed by atoms with Gasteiger partial charge in [-0.1, -0.05) is 29.8 Å². The molecule has 3 N–H and O–H groups in total. The van der Waals surface area contributed by atoms with E-state index >= 15 is 0 Å². The van der Waals surface area contributed by atoms with E-state index in [1.807, 2.05) is 0 Å². The third-order valence-corrected chi connectivity index (χ3v) is 5.93. The SMILES string of the molecule is C=C.CC(C)(C)O.CO.CO.Cc1ccc(-c2c(CC=O)c(C)c3c4c2CC(C)N4CCN3C)cc1. The minimum absolute atomic E-state index is 0.484. The van der Waals surface area contributed by atoms with E-state index < -0.39 is 5.60 Å². The van der Waals surface area contributed by atoms with Crippen LogP contribution in [0.15, 0.2) is 37.4 Å². The summed E-state index contributed by atoms with van der Waals surface area (Å²) in [6.07, 6.45) is 2.60. The van der Waals surface area contributed by atoms with Crippen LogP contribution in [0.4, 0.5) is 11.4 Å². The van der Waals surface area contributed by atoms with E-state index in [9.17, 15) is 4.79 Å². The van der Waals surface area contributed by atoms with Crippen molar-refractivity contribution < 1.29 is 20.1 Å². The molecule has 2 aromatic rings. The molecular formula is C30H48N2O4. The number of aliphatic hydroxyl groups excluding tert-OH is 2. The van der Waals surface area contributed by atoms with Crippen molar-refractivity contribution in [2.45, 2.75) is 66.0 Å². The summed E-state index contributed by atoms with van der Waals surface area (Å²) >= 11 is 0. The summed E-state index contributed by atoms with van der Waals surface area (Å²) < 4.78 is 0. The van der Waals surface area contributed by atoms with Crippen LogP contribution in [0.2, 0.25) is 0 Å². The van der Waals surface area contributed by atoms with Gasteiger partial charge >= 0.3 is 0 Å². The highest BCUT2D eigenvalue weighted by atomic mass is 16.3. The van der Waals surface area contributed by atoms with Crippen molar-refractivity contribution in [1.29, 1.82) is 0 Å². The maximum Gasteiger partial charge on any atom is 0.124 e. The third-order valence-electron chi connectivity index (χ3n) is 5.93. The van der Waals surface area contributed by atoms with E-state index in [2.05, 4.69) is 75.0 Å². The van der Waals surface area contributed by atoms with Crippen LogP contribution in [0.5, 0.6) is 0 Å². The molecule has 0 spiro atoms. The van der Waals surface area contributed by atoms with Gasteiger partial charge in [0.25, 0.3) is 0 Å². The molecule has 0 saturated carbocycles. The molecule has 2 aliphatic rings. The van der Waals surface area contributed by atoms with Gasteiger partial charge in [0, 0.05) is 46.8 Å². The van der Waals surface area contributed by atoms with Crippen LogP contribution in [0, 0.1) is 13.8 Å². The second-order valence-corrected chi connectivity index (χ2v) is 9.73. The third kappa shape index (κ3) is 8.19. The van der Waals surface area contributed by atoms with Gasteiger partial charge in [-0.25, -0.2) is 0 Å². The first-order chi connectivity index (χ1) is 17.0. The number of hydrogen-bond acceptors (Lipinski definition) is 6. The molecular weight excluding hydrogens is 452 g/mol. The molecule has 36 heavy (non-hydrogen) atoms. The Kier molecular flexibility index (Phi) is 14.3. The zero-order chi connectivity index (χ0) is 28.2. The molecule has 1 atom stereocenters. The van der Waals surface area contributed by atoms with Gasteiger partial charge in [0.15, 0.2) is 0 Å². The first-order valence-electron chi connectivity index (χ1n) is 12.3. The Morgan fingerprint density at radius 1 is 1.00 bits per heavy atom. The predicted molar refractivity (Wildman–Crippen MR) is 154 cm³/mol. The number of anilines is 2. The lowest BCUT2D eigenvalue weighted by atomic mass is 9.86. The number of aliphatic hydroxyl groups is 3. The molecule has 0 amide bonds. The summed E-state index contributed by atoms with van der Waals surface area (Å²) in [6.45, 7) is 20.0. The van der Waals surface area contributed by atoms with E-state index in [0.29, 0.717) is 12.5 Å². The molecule has 0 aromatic heterocycles. The number of benzene rings is 2. The number of hydrogen-bond donors (Lipinski definition) is 3.